The van der Waals surface area contributed by atoms with Crippen LogP contribution in [0.5, 0.6) is 0 Å². The zero-order valence-electron chi connectivity index (χ0n) is 5.94. The molecule has 0 atom stereocenters. The highest BCUT2D eigenvalue weighted by atomic mass is 19.3. The summed E-state index contributed by atoms with van der Waals surface area (Å²) >= 11 is 0. The lowest BCUT2D eigenvalue weighted by Crippen LogP contribution is -1.87. The molecule has 1 radical (unpaired) electrons. The highest BCUT2D eigenvalue weighted by Crippen LogP contribution is 2.01. The molecule has 1 nitrogen and oxygen atoms in total. The van der Waals surface area contributed by atoms with Crippen LogP contribution in [0.15, 0.2) is 12.2 Å². The number of unbranched alkanes of at least 4 members (excludes halogenated alkanes) is 1. The van der Waals surface area contributed by atoms with Crippen LogP contribution in [0.3, 0.4) is 0 Å². The molecule has 0 amide bonds. The summed E-state index contributed by atoms with van der Waals surface area (Å²) in [6, 6.07) is 0. The summed E-state index contributed by atoms with van der Waals surface area (Å²) in [7, 11) is 0. The molecule has 0 saturated heterocycles. The van der Waals surface area contributed by atoms with Crippen LogP contribution in [-0.2, 0) is 4.74 Å². The van der Waals surface area contributed by atoms with Crippen LogP contribution < -0.4 is 0 Å². The molecule has 0 aliphatic carbocycles. The van der Waals surface area contributed by atoms with E-state index in [2.05, 4.69) is 0 Å². The average molecular weight is 149 g/mol. The molecule has 0 fully saturated rings. The Hall–Kier alpha value is -0.440. The Morgan fingerprint density at radius 1 is 1.50 bits per heavy atom. The lowest BCUT2D eigenvalue weighted by atomic mass is 10.3. The van der Waals surface area contributed by atoms with E-state index in [-0.39, 0.29) is 0 Å². The van der Waals surface area contributed by atoms with Crippen molar-refractivity contribution in [2.24, 2.45) is 0 Å². The van der Waals surface area contributed by atoms with Crippen LogP contribution in [0.25, 0.3) is 0 Å². The number of halogens is 2. The Morgan fingerprint density at radius 2 is 2.20 bits per heavy atom. The van der Waals surface area contributed by atoms with E-state index in [0.717, 1.165) is 6.08 Å². The number of rotatable bonds is 5. The van der Waals surface area contributed by atoms with E-state index in [1.807, 2.05) is 0 Å². The van der Waals surface area contributed by atoms with Gasteiger partial charge in [-0.2, -0.15) is 8.78 Å². The summed E-state index contributed by atoms with van der Waals surface area (Å²) in [6.07, 6.45) is 0.317. The zero-order chi connectivity index (χ0) is 7.82. The Labute approximate surface area is 59.7 Å². The first kappa shape index (κ1) is 9.56. The first-order valence-electron chi connectivity index (χ1n) is 3.18. The molecular weight excluding hydrogens is 138 g/mol. The SMILES string of the molecule is C[CH]OCCCC=C(F)F. The van der Waals surface area contributed by atoms with E-state index in [9.17, 15) is 8.78 Å². The van der Waals surface area contributed by atoms with Crippen molar-refractivity contribution in [2.45, 2.75) is 19.8 Å². The molecule has 0 saturated carbocycles. The Bertz CT molecular complexity index is 97.8. The number of hydrogen-bond acceptors (Lipinski definition) is 1. The lowest BCUT2D eigenvalue weighted by molar-refractivity contribution is 0.201. The molecule has 3 heteroatoms. The van der Waals surface area contributed by atoms with Gasteiger partial charge in [0.2, 0.25) is 0 Å². The maximum Gasteiger partial charge on any atom is 0.266 e. The third kappa shape index (κ3) is 7.56. The molecular formula is C7H11F2O. The van der Waals surface area contributed by atoms with Crippen molar-refractivity contribution in [3.8, 4) is 0 Å². The van der Waals surface area contributed by atoms with E-state index in [0.29, 0.717) is 19.4 Å². The molecule has 10 heavy (non-hydrogen) atoms. The molecule has 0 heterocycles. The third-order valence-corrected chi connectivity index (χ3v) is 0.932. The average Bonchev–Trinajstić information content (AvgIpc) is 1.87. The van der Waals surface area contributed by atoms with Gasteiger partial charge in [0.15, 0.2) is 0 Å². The van der Waals surface area contributed by atoms with Crippen molar-refractivity contribution >= 4 is 0 Å². The standard InChI is InChI=1S/C7H11F2O/c1-2-10-6-4-3-5-7(8)9/h2,5H,3-4,6H2,1H3. The van der Waals surface area contributed by atoms with Crippen molar-refractivity contribution in [3.63, 3.8) is 0 Å². The van der Waals surface area contributed by atoms with Gasteiger partial charge in [0.1, 0.15) is 0 Å². The van der Waals surface area contributed by atoms with Crippen LogP contribution >= 0.6 is 0 Å². The second kappa shape index (κ2) is 6.68. The van der Waals surface area contributed by atoms with E-state index >= 15 is 0 Å². The number of hydrogen-bond donors (Lipinski definition) is 0. The van der Waals surface area contributed by atoms with Crippen LogP contribution in [0.4, 0.5) is 8.78 Å². The van der Waals surface area contributed by atoms with Crippen molar-refractivity contribution in [1.82, 2.24) is 0 Å². The van der Waals surface area contributed by atoms with E-state index in [4.69, 9.17) is 4.74 Å². The van der Waals surface area contributed by atoms with E-state index in [1.165, 1.54) is 0 Å². The second-order valence-electron chi connectivity index (χ2n) is 1.74. The molecule has 0 N–H and O–H groups in total. The van der Waals surface area contributed by atoms with Crippen molar-refractivity contribution in [1.29, 1.82) is 0 Å². The topological polar surface area (TPSA) is 9.23 Å². The van der Waals surface area contributed by atoms with E-state index < -0.39 is 6.08 Å². The largest absolute Gasteiger partial charge is 0.376 e. The van der Waals surface area contributed by atoms with Gasteiger partial charge in [-0.1, -0.05) is 0 Å². The molecule has 59 valence electrons. The van der Waals surface area contributed by atoms with Gasteiger partial charge in [-0.05, 0) is 25.8 Å². The predicted molar refractivity (Wildman–Crippen MR) is 35.5 cm³/mol. The van der Waals surface area contributed by atoms with Crippen LogP contribution in [0.1, 0.15) is 19.8 Å². The maximum absolute atomic E-state index is 11.4. The summed E-state index contributed by atoms with van der Waals surface area (Å²) in [6.45, 7) is 3.82. The summed E-state index contributed by atoms with van der Waals surface area (Å²) in [4.78, 5) is 0. The van der Waals surface area contributed by atoms with Gasteiger partial charge in [-0.15, -0.1) is 0 Å². The van der Waals surface area contributed by atoms with Gasteiger partial charge in [0.05, 0.1) is 6.61 Å². The smallest absolute Gasteiger partial charge is 0.266 e. The minimum absolute atomic E-state index is 0.385. The maximum atomic E-state index is 11.4. The highest BCUT2D eigenvalue weighted by Gasteiger charge is 1.88. The fraction of sp³-hybridized carbons (Fsp3) is 0.571. The van der Waals surface area contributed by atoms with Crippen molar-refractivity contribution in [3.05, 3.63) is 18.8 Å². The van der Waals surface area contributed by atoms with E-state index in [1.54, 1.807) is 13.5 Å². The Kier molecular flexibility index (Phi) is 6.38. The normalized spacial score (nSPS) is 9.50. The van der Waals surface area contributed by atoms with Crippen LogP contribution in [0, 0.1) is 6.61 Å². The molecule has 0 unspecified atom stereocenters. The minimum atomic E-state index is -1.61. The van der Waals surface area contributed by atoms with Gasteiger partial charge < -0.3 is 4.74 Å². The minimum Gasteiger partial charge on any atom is -0.376 e. The monoisotopic (exact) mass is 149 g/mol. The zero-order valence-corrected chi connectivity index (χ0v) is 5.94. The molecule has 0 aliphatic rings. The second-order valence-corrected chi connectivity index (χ2v) is 1.74. The first-order chi connectivity index (χ1) is 4.77. The van der Waals surface area contributed by atoms with Gasteiger partial charge in [0, 0.05) is 6.61 Å². The van der Waals surface area contributed by atoms with Gasteiger partial charge in [-0.25, -0.2) is 0 Å². The first-order valence-corrected chi connectivity index (χ1v) is 3.18. The van der Waals surface area contributed by atoms with Gasteiger partial charge in [0.25, 0.3) is 6.08 Å². The van der Waals surface area contributed by atoms with Crippen LogP contribution in [-0.4, -0.2) is 6.61 Å². The summed E-state index contributed by atoms with van der Waals surface area (Å²) in [5.41, 5.74) is 0. The molecule has 0 spiro atoms. The van der Waals surface area contributed by atoms with Gasteiger partial charge in [-0.3, -0.25) is 0 Å². The highest BCUT2D eigenvalue weighted by molar-refractivity contribution is 4.79. The predicted octanol–water partition coefficient (Wildman–Crippen LogP) is 2.75. The Balaban J connectivity index is 2.98. The molecule has 0 rings (SSSR count). The molecule has 0 aliphatic heterocycles. The van der Waals surface area contributed by atoms with Crippen molar-refractivity contribution in [2.75, 3.05) is 6.61 Å². The lowest BCUT2D eigenvalue weighted by Gasteiger charge is -1.95. The quantitative estimate of drug-likeness (QED) is 0.546. The van der Waals surface area contributed by atoms with Gasteiger partial charge >= 0.3 is 0 Å². The molecule has 0 aromatic heterocycles. The third-order valence-electron chi connectivity index (χ3n) is 0.932. The number of ether oxygens (including phenoxy) is 1. The Morgan fingerprint density at radius 3 is 2.70 bits per heavy atom. The summed E-state index contributed by atoms with van der Waals surface area (Å²) < 4.78 is 27.5. The van der Waals surface area contributed by atoms with Crippen LogP contribution in [0.2, 0.25) is 0 Å². The molecule has 0 aromatic rings. The molecule has 0 aromatic carbocycles. The summed E-state index contributed by atoms with van der Waals surface area (Å²) in [5.74, 6) is 0. The summed E-state index contributed by atoms with van der Waals surface area (Å²) in [5, 5.41) is 0. The fourth-order valence-corrected chi connectivity index (χ4v) is 0.496. The van der Waals surface area contributed by atoms with Crippen molar-refractivity contribution < 1.29 is 13.5 Å². The fourth-order valence-electron chi connectivity index (χ4n) is 0.496. The number of allylic oxidation sites excluding steroid dienone is 1. The molecule has 0 bridgehead atoms.